The molecular formula is C14H16FNO4. The second-order valence-corrected chi connectivity index (χ2v) is 4.03. The lowest BCUT2D eigenvalue weighted by molar-refractivity contribution is -0.143. The second kappa shape index (κ2) is 8.06. The SMILES string of the molecule is COCCN(CC(=O)O)C(=O)C=Cc1ccc(F)cc1. The van der Waals surface area contributed by atoms with Crippen molar-refractivity contribution in [2.75, 3.05) is 26.8 Å². The Bertz CT molecular complexity index is 484. The summed E-state index contributed by atoms with van der Waals surface area (Å²) >= 11 is 0. The third-order valence-corrected chi connectivity index (χ3v) is 2.49. The van der Waals surface area contributed by atoms with Crippen LogP contribution in [0.2, 0.25) is 0 Å². The number of hydrogen-bond donors (Lipinski definition) is 1. The van der Waals surface area contributed by atoms with E-state index in [0.717, 1.165) is 4.90 Å². The first-order valence-corrected chi connectivity index (χ1v) is 5.96. The molecule has 1 aromatic carbocycles. The summed E-state index contributed by atoms with van der Waals surface area (Å²) in [5, 5.41) is 8.75. The van der Waals surface area contributed by atoms with Gasteiger partial charge < -0.3 is 14.7 Å². The second-order valence-electron chi connectivity index (χ2n) is 4.03. The third-order valence-electron chi connectivity index (χ3n) is 2.49. The number of carbonyl (C=O) groups excluding carboxylic acids is 1. The fourth-order valence-corrected chi connectivity index (χ4v) is 1.48. The summed E-state index contributed by atoms with van der Waals surface area (Å²) in [5.41, 5.74) is 0.654. The van der Waals surface area contributed by atoms with Crippen LogP contribution in [0.4, 0.5) is 4.39 Å². The van der Waals surface area contributed by atoms with Crippen molar-refractivity contribution in [1.82, 2.24) is 4.90 Å². The molecule has 0 radical (unpaired) electrons. The molecule has 0 fully saturated rings. The Labute approximate surface area is 116 Å². The Morgan fingerprint density at radius 1 is 1.35 bits per heavy atom. The van der Waals surface area contributed by atoms with E-state index >= 15 is 0 Å². The van der Waals surface area contributed by atoms with Gasteiger partial charge in [-0.3, -0.25) is 9.59 Å². The van der Waals surface area contributed by atoms with Gasteiger partial charge in [0.05, 0.1) is 6.61 Å². The Hall–Kier alpha value is -2.21. The number of hydrogen-bond acceptors (Lipinski definition) is 3. The maximum atomic E-state index is 12.7. The van der Waals surface area contributed by atoms with E-state index in [1.807, 2.05) is 0 Å². The number of carboxylic acid groups (broad SMARTS) is 1. The van der Waals surface area contributed by atoms with Gasteiger partial charge in [-0.25, -0.2) is 4.39 Å². The van der Waals surface area contributed by atoms with Crippen LogP contribution in [0.5, 0.6) is 0 Å². The Morgan fingerprint density at radius 2 is 2.00 bits per heavy atom. The molecule has 1 amide bonds. The first-order chi connectivity index (χ1) is 9.52. The van der Waals surface area contributed by atoms with Gasteiger partial charge in [0.15, 0.2) is 0 Å². The Kier molecular flexibility index (Phi) is 6.39. The number of carbonyl (C=O) groups is 2. The highest BCUT2D eigenvalue weighted by molar-refractivity contribution is 5.93. The normalized spacial score (nSPS) is 10.7. The fraction of sp³-hybridized carbons (Fsp3) is 0.286. The first kappa shape index (κ1) is 15.8. The highest BCUT2D eigenvalue weighted by atomic mass is 19.1. The van der Waals surface area contributed by atoms with Gasteiger partial charge in [0.1, 0.15) is 12.4 Å². The molecule has 0 saturated carbocycles. The minimum atomic E-state index is -1.09. The lowest BCUT2D eigenvalue weighted by Crippen LogP contribution is -2.36. The molecule has 0 spiro atoms. The van der Waals surface area contributed by atoms with Crippen LogP contribution in [0.1, 0.15) is 5.56 Å². The van der Waals surface area contributed by atoms with Crippen molar-refractivity contribution in [3.8, 4) is 0 Å². The van der Waals surface area contributed by atoms with Gasteiger partial charge in [0.25, 0.3) is 0 Å². The number of methoxy groups -OCH3 is 1. The summed E-state index contributed by atoms with van der Waals surface area (Å²) in [6.45, 7) is 0.0503. The average molecular weight is 281 g/mol. The van der Waals surface area contributed by atoms with Gasteiger partial charge in [-0.15, -0.1) is 0 Å². The monoisotopic (exact) mass is 281 g/mol. The van der Waals surface area contributed by atoms with Crippen molar-refractivity contribution < 1.29 is 23.8 Å². The molecule has 0 aliphatic rings. The van der Waals surface area contributed by atoms with Crippen LogP contribution >= 0.6 is 0 Å². The fourth-order valence-electron chi connectivity index (χ4n) is 1.48. The summed E-state index contributed by atoms with van der Waals surface area (Å²) in [6.07, 6.45) is 2.76. The van der Waals surface area contributed by atoms with Crippen molar-refractivity contribution in [3.63, 3.8) is 0 Å². The number of aliphatic carboxylic acids is 1. The van der Waals surface area contributed by atoms with Crippen LogP contribution in [0.15, 0.2) is 30.3 Å². The van der Waals surface area contributed by atoms with Crippen molar-refractivity contribution in [2.24, 2.45) is 0 Å². The molecule has 6 heteroatoms. The Morgan fingerprint density at radius 3 is 2.55 bits per heavy atom. The average Bonchev–Trinajstić information content (AvgIpc) is 2.42. The van der Waals surface area contributed by atoms with Crippen LogP contribution < -0.4 is 0 Å². The zero-order valence-electron chi connectivity index (χ0n) is 11.1. The molecule has 20 heavy (non-hydrogen) atoms. The lowest BCUT2D eigenvalue weighted by Gasteiger charge is -2.18. The topological polar surface area (TPSA) is 66.8 Å². The minimum absolute atomic E-state index is 0.190. The number of carboxylic acids is 1. The standard InChI is InChI=1S/C14H16FNO4/c1-20-9-8-16(10-14(18)19)13(17)7-4-11-2-5-12(15)6-3-11/h2-7H,8-10H2,1H3,(H,18,19). The highest BCUT2D eigenvalue weighted by Gasteiger charge is 2.13. The van der Waals surface area contributed by atoms with Crippen LogP contribution in [0.3, 0.4) is 0 Å². The maximum absolute atomic E-state index is 12.7. The molecule has 0 atom stereocenters. The molecule has 0 unspecified atom stereocenters. The maximum Gasteiger partial charge on any atom is 0.323 e. The minimum Gasteiger partial charge on any atom is -0.480 e. The van der Waals surface area contributed by atoms with Crippen molar-refractivity contribution in [2.45, 2.75) is 0 Å². The van der Waals surface area contributed by atoms with Gasteiger partial charge in [-0.05, 0) is 23.8 Å². The van der Waals surface area contributed by atoms with E-state index in [4.69, 9.17) is 9.84 Å². The van der Waals surface area contributed by atoms with Crippen LogP contribution in [0, 0.1) is 5.82 Å². The zero-order valence-corrected chi connectivity index (χ0v) is 11.1. The van der Waals surface area contributed by atoms with Crippen LogP contribution in [0.25, 0.3) is 6.08 Å². The summed E-state index contributed by atoms with van der Waals surface area (Å²) < 4.78 is 17.5. The molecule has 0 aliphatic heterocycles. The molecule has 0 bridgehead atoms. The summed E-state index contributed by atoms with van der Waals surface area (Å²) in [4.78, 5) is 23.7. The molecule has 0 aliphatic carbocycles. The highest BCUT2D eigenvalue weighted by Crippen LogP contribution is 2.05. The molecular weight excluding hydrogens is 265 g/mol. The predicted molar refractivity (Wildman–Crippen MR) is 71.5 cm³/mol. The molecule has 1 N–H and O–H groups in total. The molecule has 1 rings (SSSR count). The smallest absolute Gasteiger partial charge is 0.323 e. The summed E-state index contributed by atoms with van der Waals surface area (Å²) in [7, 11) is 1.47. The van der Waals surface area contributed by atoms with E-state index in [2.05, 4.69) is 0 Å². The van der Waals surface area contributed by atoms with Gasteiger partial charge >= 0.3 is 5.97 Å². The number of ether oxygens (including phenoxy) is 1. The van der Waals surface area contributed by atoms with E-state index in [1.54, 1.807) is 0 Å². The lowest BCUT2D eigenvalue weighted by atomic mass is 10.2. The molecule has 5 nitrogen and oxygen atoms in total. The van der Waals surface area contributed by atoms with Gasteiger partial charge in [0.2, 0.25) is 5.91 Å². The molecule has 0 saturated heterocycles. The quantitative estimate of drug-likeness (QED) is 0.767. The molecule has 0 aromatic heterocycles. The third kappa shape index (κ3) is 5.62. The van der Waals surface area contributed by atoms with Crippen molar-refractivity contribution in [1.29, 1.82) is 0 Å². The molecule has 108 valence electrons. The van der Waals surface area contributed by atoms with Crippen LogP contribution in [-0.2, 0) is 14.3 Å². The van der Waals surface area contributed by atoms with E-state index < -0.39 is 18.4 Å². The van der Waals surface area contributed by atoms with E-state index in [0.29, 0.717) is 5.56 Å². The van der Waals surface area contributed by atoms with E-state index in [1.165, 1.54) is 43.5 Å². The van der Waals surface area contributed by atoms with Crippen molar-refractivity contribution in [3.05, 3.63) is 41.7 Å². The summed E-state index contributed by atoms with van der Waals surface area (Å²) in [6, 6.07) is 5.61. The molecule has 0 heterocycles. The van der Waals surface area contributed by atoms with E-state index in [9.17, 15) is 14.0 Å². The number of rotatable bonds is 7. The molecule has 1 aromatic rings. The van der Waals surface area contributed by atoms with Crippen molar-refractivity contribution >= 4 is 18.0 Å². The van der Waals surface area contributed by atoms with Gasteiger partial charge in [-0.2, -0.15) is 0 Å². The van der Waals surface area contributed by atoms with Gasteiger partial charge in [0, 0.05) is 19.7 Å². The van der Waals surface area contributed by atoms with Gasteiger partial charge in [-0.1, -0.05) is 12.1 Å². The predicted octanol–water partition coefficient (Wildman–Crippen LogP) is 1.40. The number of amides is 1. The number of halogens is 1. The van der Waals surface area contributed by atoms with Crippen LogP contribution in [-0.4, -0.2) is 48.7 Å². The number of benzene rings is 1. The number of nitrogens with zero attached hydrogens (tertiary/aromatic N) is 1. The van der Waals surface area contributed by atoms with E-state index in [-0.39, 0.29) is 19.0 Å². The Balaban J connectivity index is 2.68. The summed E-state index contributed by atoms with van der Waals surface area (Å²) in [5.74, 6) is -1.89. The largest absolute Gasteiger partial charge is 0.480 e. The zero-order chi connectivity index (χ0) is 15.0. The first-order valence-electron chi connectivity index (χ1n) is 5.96.